The number of carbonyl (C=O) groups is 1. The molecule has 0 unspecified atom stereocenters. The summed E-state index contributed by atoms with van der Waals surface area (Å²) in [6.45, 7) is 0. The number of hydrogen-bond acceptors (Lipinski definition) is 4. The zero-order chi connectivity index (χ0) is 9.10. The van der Waals surface area contributed by atoms with Gasteiger partial charge in [-0.15, -0.1) is 5.10 Å². The molecule has 2 aromatic rings. The van der Waals surface area contributed by atoms with Crippen LogP contribution in [0.1, 0.15) is 10.5 Å². The molecule has 0 N–H and O–H groups in total. The van der Waals surface area contributed by atoms with Crippen molar-refractivity contribution in [1.82, 2.24) is 20.0 Å². The van der Waals surface area contributed by atoms with Crippen LogP contribution in [-0.2, 0) is 0 Å². The van der Waals surface area contributed by atoms with Gasteiger partial charge in [0.1, 0.15) is 5.69 Å². The first-order valence-corrected chi connectivity index (χ1v) is 3.69. The van der Waals surface area contributed by atoms with Crippen molar-refractivity contribution in [3.05, 3.63) is 36.3 Å². The fourth-order valence-corrected chi connectivity index (χ4v) is 0.932. The molecule has 0 bridgehead atoms. The van der Waals surface area contributed by atoms with E-state index in [4.69, 9.17) is 0 Å². The number of rotatable bonds is 2. The zero-order valence-corrected chi connectivity index (χ0v) is 6.66. The summed E-state index contributed by atoms with van der Waals surface area (Å²) in [5, 5.41) is 7.35. The van der Waals surface area contributed by atoms with E-state index in [9.17, 15) is 4.79 Å². The highest BCUT2D eigenvalue weighted by molar-refractivity contribution is 5.70. The van der Waals surface area contributed by atoms with Gasteiger partial charge in [-0.1, -0.05) is 11.3 Å². The molecule has 5 nitrogen and oxygen atoms in total. The highest BCUT2D eigenvalue weighted by Gasteiger charge is 2.00. The monoisotopic (exact) mass is 174 g/mol. The second-order valence-electron chi connectivity index (χ2n) is 2.39. The number of aldehydes is 1. The van der Waals surface area contributed by atoms with Crippen molar-refractivity contribution in [2.75, 3.05) is 0 Å². The number of carbonyl (C=O) groups excluding carboxylic acids is 1. The van der Waals surface area contributed by atoms with Crippen LogP contribution in [0.5, 0.6) is 0 Å². The minimum atomic E-state index is 0.297. The Labute approximate surface area is 74.0 Å². The molecule has 2 aromatic heterocycles. The number of hydrogen-bond donors (Lipinski definition) is 0. The van der Waals surface area contributed by atoms with Crippen molar-refractivity contribution in [2.45, 2.75) is 0 Å². The van der Waals surface area contributed by atoms with Crippen LogP contribution in [0.3, 0.4) is 0 Å². The molecule has 64 valence electrons. The van der Waals surface area contributed by atoms with Gasteiger partial charge in [0, 0.05) is 6.20 Å². The molecule has 13 heavy (non-hydrogen) atoms. The van der Waals surface area contributed by atoms with E-state index in [1.165, 1.54) is 10.9 Å². The van der Waals surface area contributed by atoms with E-state index in [1.54, 1.807) is 18.3 Å². The molecule has 0 aliphatic heterocycles. The summed E-state index contributed by atoms with van der Waals surface area (Å²) in [7, 11) is 0. The summed E-state index contributed by atoms with van der Waals surface area (Å²) in [6.07, 6.45) is 3.82. The molecular formula is C8H6N4O. The maximum absolute atomic E-state index is 10.3. The summed E-state index contributed by atoms with van der Waals surface area (Å²) in [5.74, 6) is 0.642. The predicted octanol–water partition coefficient (Wildman–Crippen LogP) is 0.475. The normalized spacial score (nSPS) is 9.85. The summed E-state index contributed by atoms with van der Waals surface area (Å²) < 4.78 is 1.45. The SMILES string of the molecule is O=Cc1cn(-c2ccccn2)nn1. The van der Waals surface area contributed by atoms with Gasteiger partial charge in [0.15, 0.2) is 12.1 Å². The largest absolute Gasteiger partial charge is 0.296 e. The molecule has 0 atom stereocenters. The van der Waals surface area contributed by atoms with Crippen molar-refractivity contribution in [3.8, 4) is 5.82 Å². The van der Waals surface area contributed by atoms with Crippen LogP contribution in [0.4, 0.5) is 0 Å². The third-order valence-electron chi connectivity index (χ3n) is 1.52. The number of nitrogens with zero attached hydrogens (tertiary/aromatic N) is 4. The minimum Gasteiger partial charge on any atom is -0.296 e. The molecule has 5 heteroatoms. The van der Waals surface area contributed by atoms with Crippen LogP contribution < -0.4 is 0 Å². The fraction of sp³-hybridized carbons (Fsp3) is 0. The van der Waals surface area contributed by atoms with Crippen molar-refractivity contribution in [2.24, 2.45) is 0 Å². The topological polar surface area (TPSA) is 60.7 Å². The second kappa shape index (κ2) is 3.14. The van der Waals surface area contributed by atoms with Crippen molar-refractivity contribution in [3.63, 3.8) is 0 Å². The van der Waals surface area contributed by atoms with Gasteiger partial charge in [-0.05, 0) is 12.1 Å². The van der Waals surface area contributed by atoms with Crippen molar-refractivity contribution >= 4 is 6.29 Å². The Balaban J connectivity index is 2.41. The van der Waals surface area contributed by atoms with Gasteiger partial charge in [-0.25, -0.2) is 9.67 Å². The van der Waals surface area contributed by atoms with Gasteiger partial charge >= 0.3 is 0 Å². The molecule has 2 heterocycles. The van der Waals surface area contributed by atoms with Crippen LogP contribution in [-0.4, -0.2) is 26.3 Å². The van der Waals surface area contributed by atoms with E-state index in [2.05, 4.69) is 15.3 Å². The van der Waals surface area contributed by atoms with Gasteiger partial charge in [-0.3, -0.25) is 4.79 Å². The molecule has 0 aliphatic rings. The molecule has 0 fully saturated rings. The third-order valence-corrected chi connectivity index (χ3v) is 1.52. The molecule has 0 spiro atoms. The number of aromatic nitrogens is 4. The van der Waals surface area contributed by atoms with Crippen LogP contribution in [0.25, 0.3) is 5.82 Å². The van der Waals surface area contributed by atoms with Crippen LogP contribution in [0.15, 0.2) is 30.6 Å². The van der Waals surface area contributed by atoms with Gasteiger partial charge in [0.05, 0.1) is 6.20 Å². The van der Waals surface area contributed by atoms with E-state index >= 15 is 0 Å². The Morgan fingerprint density at radius 1 is 1.38 bits per heavy atom. The lowest BCUT2D eigenvalue weighted by Crippen LogP contribution is -1.96. The van der Waals surface area contributed by atoms with Gasteiger partial charge in [0.25, 0.3) is 0 Å². The highest BCUT2D eigenvalue weighted by atomic mass is 16.1. The minimum absolute atomic E-state index is 0.297. The summed E-state index contributed by atoms with van der Waals surface area (Å²) in [4.78, 5) is 14.4. The van der Waals surface area contributed by atoms with Gasteiger partial charge in [0.2, 0.25) is 0 Å². The van der Waals surface area contributed by atoms with E-state index in [1.807, 2.05) is 6.07 Å². The van der Waals surface area contributed by atoms with Crippen LogP contribution in [0.2, 0.25) is 0 Å². The van der Waals surface area contributed by atoms with Crippen LogP contribution >= 0.6 is 0 Å². The fourth-order valence-electron chi connectivity index (χ4n) is 0.932. The first kappa shape index (κ1) is 7.60. The van der Waals surface area contributed by atoms with E-state index < -0.39 is 0 Å². The Kier molecular flexibility index (Phi) is 1.84. The zero-order valence-electron chi connectivity index (χ0n) is 6.66. The lowest BCUT2D eigenvalue weighted by Gasteiger charge is -1.95. The average Bonchev–Trinajstić information content (AvgIpc) is 2.67. The standard InChI is InChI=1S/C8H6N4O/c13-6-7-5-12(11-10-7)8-3-1-2-4-9-8/h1-6H. The second-order valence-corrected chi connectivity index (χ2v) is 2.39. The quantitative estimate of drug-likeness (QED) is 0.621. The highest BCUT2D eigenvalue weighted by Crippen LogP contribution is 2.00. The van der Waals surface area contributed by atoms with Crippen LogP contribution in [0, 0.1) is 0 Å². The van der Waals surface area contributed by atoms with Gasteiger partial charge in [-0.2, -0.15) is 0 Å². The molecular weight excluding hydrogens is 168 g/mol. The van der Waals surface area contributed by atoms with E-state index in [0.29, 0.717) is 17.8 Å². The Morgan fingerprint density at radius 2 is 2.31 bits per heavy atom. The average molecular weight is 174 g/mol. The molecule has 0 aliphatic carbocycles. The van der Waals surface area contributed by atoms with Gasteiger partial charge < -0.3 is 0 Å². The smallest absolute Gasteiger partial charge is 0.171 e. The van der Waals surface area contributed by atoms with E-state index in [-0.39, 0.29) is 0 Å². The maximum atomic E-state index is 10.3. The molecule has 0 aromatic carbocycles. The molecule has 0 radical (unpaired) electrons. The lowest BCUT2D eigenvalue weighted by atomic mass is 10.4. The Morgan fingerprint density at radius 3 is 2.92 bits per heavy atom. The third kappa shape index (κ3) is 1.44. The summed E-state index contributed by atoms with van der Waals surface area (Å²) in [5.41, 5.74) is 0.297. The molecule has 0 amide bonds. The predicted molar refractivity (Wildman–Crippen MR) is 44.5 cm³/mol. The first-order valence-electron chi connectivity index (χ1n) is 3.69. The first-order chi connectivity index (χ1) is 6.40. The van der Waals surface area contributed by atoms with Crippen molar-refractivity contribution in [1.29, 1.82) is 0 Å². The Hall–Kier alpha value is -2.04. The summed E-state index contributed by atoms with van der Waals surface area (Å²) >= 11 is 0. The Bertz CT molecular complexity index is 409. The number of pyridine rings is 1. The lowest BCUT2D eigenvalue weighted by molar-refractivity contribution is 0.111. The molecule has 2 rings (SSSR count). The summed E-state index contributed by atoms with van der Waals surface area (Å²) in [6, 6.07) is 5.43. The molecule has 0 saturated heterocycles. The van der Waals surface area contributed by atoms with Crippen molar-refractivity contribution < 1.29 is 4.79 Å². The molecule has 0 saturated carbocycles. The maximum Gasteiger partial charge on any atom is 0.171 e. The van der Waals surface area contributed by atoms with E-state index in [0.717, 1.165) is 0 Å².